The second kappa shape index (κ2) is 10.4. The van der Waals surface area contributed by atoms with Crippen molar-refractivity contribution < 1.29 is 19.1 Å². The van der Waals surface area contributed by atoms with Gasteiger partial charge < -0.3 is 15.4 Å². The lowest BCUT2D eigenvalue weighted by Crippen LogP contribution is -2.36. The fourth-order valence-corrected chi connectivity index (χ4v) is 4.83. The van der Waals surface area contributed by atoms with E-state index in [4.69, 9.17) is 4.74 Å². The second-order valence-electron chi connectivity index (χ2n) is 7.50. The van der Waals surface area contributed by atoms with E-state index < -0.39 is 5.97 Å². The molecule has 3 rings (SSSR count). The monoisotopic (exact) mass is 428 g/mol. The summed E-state index contributed by atoms with van der Waals surface area (Å²) >= 11 is 1.13. The zero-order valence-electron chi connectivity index (χ0n) is 17.5. The number of thiophene rings is 1. The number of anilines is 1. The first kappa shape index (κ1) is 22.0. The summed E-state index contributed by atoms with van der Waals surface area (Å²) in [4.78, 5) is 38.5. The summed E-state index contributed by atoms with van der Waals surface area (Å²) < 4.78 is 5.18. The molecule has 1 heterocycles. The lowest BCUT2D eigenvalue weighted by atomic mass is 9.95. The van der Waals surface area contributed by atoms with Crippen LogP contribution in [0.2, 0.25) is 0 Å². The number of carbonyl (C=O) groups is 3. The molecular weight excluding hydrogens is 400 g/mol. The van der Waals surface area contributed by atoms with Gasteiger partial charge in [0.25, 0.3) is 5.91 Å². The van der Waals surface area contributed by atoms with Crippen LogP contribution in [0.4, 0.5) is 5.00 Å². The van der Waals surface area contributed by atoms with Gasteiger partial charge in [0.15, 0.2) is 0 Å². The highest BCUT2D eigenvalue weighted by molar-refractivity contribution is 7.18. The van der Waals surface area contributed by atoms with Crippen LogP contribution in [0.25, 0.3) is 0 Å². The van der Waals surface area contributed by atoms with Crippen LogP contribution >= 0.6 is 11.3 Å². The van der Waals surface area contributed by atoms with Crippen molar-refractivity contribution in [3.63, 3.8) is 0 Å². The summed E-state index contributed by atoms with van der Waals surface area (Å²) in [5.41, 5.74) is 1.68. The number of nitrogens with one attached hydrogen (secondary N) is 2. The van der Waals surface area contributed by atoms with Gasteiger partial charge in [0.05, 0.1) is 23.5 Å². The minimum atomic E-state index is -0.530. The van der Waals surface area contributed by atoms with Crippen LogP contribution in [0.1, 0.15) is 70.2 Å². The zero-order valence-corrected chi connectivity index (χ0v) is 18.3. The predicted octanol–water partition coefficient (Wildman–Crippen LogP) is 4.48. The lowest BCUT2D eigenvalue weighted by molar-refractivity contribution is -0.115. The molecule has 1 saturated carbocycles. The first-order valence-corrected chi connectivity index (χ1v) is 11.3. The summed E-state index contributed by atoms with van der Waals surface area (Å²) in [5, 5.41) is 6.27. The Morgan fingerprint density at radius 3 is 2.47 bits per heavy atom. The number of ether oxygens (including phenoxy) is 1. The SMILES string of the molecule is CCOC(=O)c1c(NC(=O)Cc2ccccc2)sc(C(=O)NC2CCCCC2)c1C. The topological polar surface area (TPSA) is 84.5 Å². The number of amides is 2. The third-order valence-electron chi connectivity index (χ3n) is 5.23. The largest absolute Gasteiger partial charge is 0.462 e. The number of hydrogen-bond acceptors (Lipinski definition) is 5. The van der Waals surface area contributed by atoms with Crippen molar-refractivity contribution in [1.82, 2.24) is 5.32 Å². The molecule has 1 aliphatic carbocycles. The van der Waals surface area contributed by atoms with Gasteiger partial charge >= 0.3 is 5.97 Å². The number of carbonyl (C=O) groups excluding carboxylic acids is 3. The third kappa shape index (κ3) is 5.48. The van der Waals surface area contributed by atoms with Crippen molar-refractivity contribution in [3.8, 4) is 0 Å². The summed E-state index contributed by atoms with van der Waals surface area (Å²) in [6.07, 6.45) is 5.56. The maximum Gasteiger partial charge on any atom is 0.341 e. The molecule has 0 aliphatic heterocycles. The Hall–Kier alpha value is -2.67. The molecule has 160 valence electrons. The molecule has 1 aromatic heterocycles. The van der Waals surface area contributed by atoms with Gasteiger partial charge in [0.2, 0.25) is 5.91 Å². The Labute approximate surface area is 181 Å². The molecule has 1 aliphatic rings. The molecule has 0 radical (unpaired) electrons. The Morgan fingerprint density at radius 1 is 1.10 bits per heavy atom. The zero-order chi connectivity index (χ0) is 21.5. The first-order chi connectivity index (χ1) is 14.5. The Kier molecular flexibility index (Phi) is 7.63. The van der Waals surface area contributed by atoms with E-state index in [1.165, 1.54) is 6.42 Å². The van der Waals surface area contributed by atoms with Crippen LogP contribution in [0.3, 0.4) is 0 Å². The van der Waals surface area contributed by atoms with Gasteiger partial charge in [-0.3, -0.25) is 9.59 Å². The Balaban J connectivity index is 1.81. The fourth-order valence-electron chi connectivity index (χ4n) is 3.72. The van der Waals surface area contributed by atoms with Crippen molar-refractivity contribution >= 4 is 34.1 Å². The van der Waals surface area contributed by atoms with Crippen molar-refractivity contribution in [3.05, 3.63) is 51.9 Å². The molecular formula is C23H28N2O4S. The van der Waals surface area contributed by atoms with E-state index >= 15 is 0 Å². The standard InChI is InChI=1S/C23H28N2O4S/c1-3-29-23(28)19-15(2)20(21(27)24-17-12-8-5-9-13-17)30-22(19)25-18(26)14-16-10-6-4-7-11-16/h4,6-7,10-11,17H,3,5,8-9,12-14H2,1-2H3,(H,24,27)(H,25,26). The molecule has 6 nitrogen and oxygen atoms in total. The smallest absolute Gasteiger partial charge is 0.341 e. The summed E-state index contributed by atoms with van der Waals surface area (Å²) in [5.74, 6) is -0.969. The molecule has 0 bridgehead atoms. The van der Waals surface area contributed by atoms with Gasteiger partial charge in [-0.15, -0.1) is 11.3 Å². The average molecular weight is 429 g/mol. The van der Waals surface area contributed by atoms with Gasteiger partial charge in [0.1, 0.15) is 5.00 Å². The molecule has 2 amide bonds. The van der Waals surface area contributed by atoms with Crippen LogP contribution in [0, 0.1) is 6.92 Å². The molecule has 2 aromatic rings. The molecule has 1 fully saturated rings. The molecule has 0 atom stereocenters. The average Bonchev–Trinajstić information content (AvgIpc) is 3.05. The van der Waals surface area contributed by atoms with Crippen LogP contribution in [-0.4, -0.2) is 30.4 Å². The van der Waals surface area contributed by atoms with Crippen molar-refractivity contribution in [2.75, 3.05) is 11.9 Å². The predicted molar refractivity (Wildman–Crippen MR) is 118 cm³/mol. The van der Waals surface area contributed by atoms with E-state index in [9.17, 15) is 14.4 Å². The van der Waals surface area contributed by atoms with E-state index in [1.807, 2.05) is 30.3 Å². The summed E-state index contributed by atoms with van der Waals surface area (Å²) in [6.45, 7) is 3.67. The quantitative estimate of drug-likeness (QED) is 0.637. The van der Waals surface area contributed by atoms with Crippen molar-refractivity contribution in [2.45, 2.75) is 58.4 Å². The number of esters is 1. The van der Waals surface area contributed by atoms with Crippen LogP contribution in [-0.2, 0) is 16.0 Å². The molecule has 0 unspecified atom stereocenters. The normalized spacial score (nSPS) is 14.2. The van der Waals surface area contributed by atoms with Gasteiger partial charge in [-0.25, -0.2) is 4.79 Å². The first-order valence-electron chi connectivity index (χ1n) is 10.4. The number of hydrogen-bond donors (Lipinski definition) is 2. The highest BCUT2D eigenvalue weighted by Crippen LogP contribution is 2.34. The van der Waals surface area contributed by atoms with Crippen LogP contribution < -0.4 is 10.6 Å². The van der Waals surface area contributed by atoms with E-state index in [-0.39, 0.29) is 36.4 Å². The molecule has 0 saturated heterocycles. The minimum absolute atomic E-state index is 0.162. The maximum absolute atomic E-state index is 12.9. The molecule has 30 heavy (non-hydrogen) atoms. The van der Waals surface area contributed by atoms with E-state index in [0.29, 0.717) is 15.4 Å². The Morgan fingerprint density at radius 2 is 1.80 bits per heavy atom. The van der Waals surface area contributed by atoms with E-state index in [0.717, 1.165) is 42.6 Å². The summed E-state index contributed by atoms with van der Waals surface area (Å²) in [7, 11) is 0. The van der Waals surface area contributed by atoms with Gasteiger partial charge in [-0.2, -0.15) is 0 Å². The molecule has 7 heteroatoms. The van der Waals surface area contributed by atoms with Gasteiger partial charge in [0, 0.05) is 6.04 Å². The summed E-state index contributed by atoms with van der Waals surface area (Å²) in [6, 6.07) is 9.53. The van der Waals surface area contributed by atoms with Crippen molar-refractivity contribution in [1.29, 1.82) is 0 Å². The highest BCUT2D eigenvalue weighted by Gasteiger charge is 2.28. The van der Waals surface area contributed by atoms with Crippen LogP contribution in [0.5, 0.6) is 0 Å². The molecule has 2 N–H and O–H groups in total. The van der Waals surface area contributed by atoms with Crippen LogP contribution in [0.15, 0.2) is 30.3 Å². The molecule has 0 spiro atoms. The van der Waals surface area contributed by atoms with Crippen molar-refractivity contribution in [2.24, 2.45) is 0 Å². The lowest BCUT2D eigenvalue weighted by Gasteiger charge is -2.22. The number of rotatable bonds is 7. The Bertz CT molecular complexity index is 901. The number of benzene rings is 1. The van der Waals surface area contributed by atoms with E-state index in [2.05, 4.69) is 10.6 Å². The molecule has 1 aromatic carbocycles. The van der Waals surface area contributed by atoms with Gasteiger partial charge in [-0.05, 0) is 37.8 Å². The third-order valence-corrected chi connectivity index (χ3v) is 6.44. The second-order valence-corrected chi connectivity index (χ2v) is 8.52. The highest BCUT2D eigenvalue weighted by atomic mass is 32.1. The minimum Gasteiger partial charge on any atom is -0.462 e. The fraction of sp³-hybridized carbons (Fsp3) is 0.435. The van der Waals surface area contributed by atoms with E-state index in [1.54, 1.807) is 13.8 Å². The van der Waals surface area contributed by atoms with Gasteiger partial charge in [-0.1, -0.05) is 49.6 Å². The maximum atomic E-state index is 12.9.